The first-order valence-electron chi connectivity index (χ1n) is 7.21. The molecule has 1 fully saturated rings. The van der Waals surface area contributed by atoms with E-state index in [1.807, 2.05) is 31.2 Å². The summed E-state index contributed by atoms with van der Waals surface area (Å²) in [6.07, 6.45) is 1.64. The maximum absolute atomic E-state index is 12.5. The summed E-state index contributed by atoms with van der Waals surface area (Å²) in [4.78, 5) is 25.0. The van der Waals surface area contributed by atoms with E-state index in [9.17, 15) is 9.59 Å². The van der Waals surface area contributed by atoms with Gasteiger partial charge in [-0.1, -0.05) is 29.8 Å². The van der Waals surface area contributed by atoms with E-state index in [1.165, 1.54) is 4.90 Å². The van der Waals surface area contributed by atoms with Crippen molar-refractivity contribution in [1.82, 2.24) is 4.90 Å². The lowest BCUT2D eigenvalue weighted by molar-refractivity contribution is -0.147. The van der Waals surface area contributed by atoms with E-state index in [0.29, 0.717) is 26.1 Å². The van der Waals surface area contributed by atoms with Gasteiger partial charge in [-0.15, -0.1) is 0 Å². The summed E-state index contributed by atoms with van der Waals surface area (Å²) in [7, 11) is 0. The molecule has 1 aromatic rings. The van der Waals surface area contributed by atoms with Crippen LogP contribution in [0.4, 0.5) is 0 Å². The van der Waals surface area contributed by atoms with Gasteiger partial charge in [0.15, 0.2) is 0 Å². The minimum atomic E-state index is -0.973. The number of nitrogens with zero attached hydrogens (tertiary/aromatic N) is 1. The maximum Gasteiger partial charge on any atom is 0.323 e. The van der Waals surface area contributed by atoms with Gasteiger partial charge in [0, 0.05) is 19.3 Å². The normalized spacial score (nSPS) is 15.7. The van der Waals surface area contributed by atoms with Gasteiger partial charge in [0.1, 0.15) is 6.54 Å². The summed E-state index contributed by atoms with van der Waals surface area (Å²) in [5.74, 6) is -1.10. The molecule has 0 unspecified atom stereocenters. The molecule has 2 rings (SSSR count). The van der Waals surface area contributed by atoms with Crippen molar-refractivity contribution in [1.29, 1.82) is 0 Å². The number of amides is 1. The van der Waals surface area contributed by atoms with Crippen molar-refractivity contribution < 1.29 is 19.4 Å². The van der Waals surface area contributed by atoms with Crippen LogP contribution in [0.2, 0.25) is 0 Å². The number of ether oxygens (including phenoxy) is 1. The van der Waals surface area contributed by atoms with Crippen molar-refractivity contribution in [2.45, 2.75) is 32.2 Å². The number of carbonyl (C=O) groups excluding carboxylic acids is 1. The van der Waals surface area contributed by atoms with E-state index in [0.717, 1.165) is 11.1 Å². The number of carboxylic acids is 1. The van der Waals surface area contributed by atoms with Crippen LogP contribution in [0.1, 0.15) is 24.0 Å². The molecule has 0 saturated carbocycles. The van der Waals surface area contributed by atoms with Crippen LogP contribution < -0.4 is 0 Å². The van der Waals surface area contributed by atoms with Crippen molar-refractivity contribution in [3.63, 3.8) is 0 Å². The third kappa shape index (κ3) is 4.56. The summed E-state index contributed by atoms with van der Waals surface area (Å²) in [6, 6.07) is 7.71. The zero-order chi connectivity index (χ0) is 15.2. The van der Waals surface area contributed by atoms with Crippen molar-refractivity contribution >= 4 is 11.9 Å². The molecule has 114 valence electrons. The molecule has 0 aromatic heterocycles. The van der Waals surface area contributed by atoms with Crippen LogP contribution in [0.15, 0.2) is 24.3 Å². The summed E-state index contributed by atoms with van der Waals surface area (Å²) in [5, 5.41) is 9.04. The fourth-order valence-corrected chi connectivity index (χ4v) is 2.55. The van der Waals surface area contributed by atoms with Gasteiger partial charge in [-0.25, -0.2) is 0 Å². The Morgan fingerprint density at radius 1 is 1.24 bits per heavy atom. The molecule has 21 heavy (non-hydrogen) atoms. The predicted octanol–water partition coefficient (Wildman–Crippen LogP) is 1.63. The molecule has 1 N–H and O–H groups in total. The molecule has 0 spiro atoms. The zero-order valence-electron chi connectivity index (χ0n) is 12.2. The van der Waals surface area contributed by atoms with E-state index < -0.39 is 5.97 Å². The Hall–Kier alpha value is -1.88. The van der Waals surface area contributed by atoms with Gasteiger partial charge in [0.05, 0.1) is 6.42 Å². The lowest BCUT2D eigenvalue weighted by Crippen LogP contribution is -2.46. The van der Waals surface area contributed by atoms with Gasteiger partial charge < -0.3 is 14.7 Å². The molecule has 1 aliphatic rings. The molecule has 1 saturated heterocycles. The summed E-state index contributed by atoms with van der Waals surface area (Å²) < 4.78 is 5.28. The fraction of sp³-hybridized carbons (Fsp3) is 0.500. The number of aliphatic carboxylic acids is 1. The lowest BCUT2D eigenvalue weighted by atomic mass is 10.0. The monoisotopic (exact) mass is 291 g/mol. The zero-order valence-corrected chi connectivity index (χ0v) is 12.2. The van der Waals surface area contributed by atoms with Crippen LogP contribution in [-0.2, 0) is 20.7 Å². The highest BCUT2D eigenvalue weighted by Gasteiger charge is 2.27. The van der Waals surface area contributed by atoms with Crippen molar-refractivity contribution in [3.05, 3.63) is 35.4 Å². The van der Waals surface area contributed by atoms with E-state index in [2.05, 4.69) is 0 Å². The molecule has 1 aliphatic heterocycles. The Kier molecular flexibility index (Phi) is 5.33. The topological polar surface area (TPSA) is 66.8 Å². The number of aryl methyl sites for hydroxylation is 1. The number of benzene rings is 1. The third-order valence-corrected chi connectivity index (χ3v) is 3.73. The molecule has 5 heteroatoms. The van der Waals surface area contributed by atoms with E-state index in [4.69, 9.17) is 9.84 Å². The van der Waals surface area contributed by atoms with Crippen LogP contribution in [-0.4, -0.2) is 47.7 Å². The van der Waals surface area contributed by atoms with Gasteiger partial charge in [-0.3, -0.25) is 9.59 Å². The second-order valence-electron chi connectivity index (χ2n) is 5.42. The molecule has 0 radical (unpaired) electrons. The Labute approximate surface area is 124 Å². The predicted molar refractivity (Wildman–Crippen MR) is 78.1 cm³/mol. The van der Waals surface area contributed by atoms with Gasteiger partial charge >= 0.3 is 5.97 Å². The van der Waals surface area contributed by atoms with Crippen molar-refractivity contribution in [3.8, 4) is 0 Å². The molecule has 1 amide bonds. The van der Waals surface area contributed by atoms with Crippen molar-refractivity contribution in [2.24, 2.45) is 0 Å². The van der Waals surface area contributed by atoms with E-state index in [1.54, 1.807) is 0 Å². The highest BCUT2D eigenvalue weighted by atomic mass is 16.5. The fourth-order valence-electron chi connectivity index (χ4n) is 2.55. The van der Waals surface area contributed by atoms with Gasteiger partial charge in [-0.05, 0) is 25.3 Å². The second kappa shape index (κ2) is 7.22. The second-order valence-corrected chi connectivity index (χ2v) is 5.42. The smallest absolute Gasteiger partial charge is 0.323 e. The maximum atomic E-state index is 12.5. The van der Waals surface area contributed by atoms with Crippen LogP contribution in [0.5, 0.6) is 0 Å². The Morgan fingerprint density at radius 3 is 2.43 bits per heavy atom. The molecule has 1 heterocycles. The number of carboxylic acid groups (broad SMARTS) is 1. The largest absolute Gasteiger partial charge is 0.480 e. The SMILES string of the molecule is Cc1ccc(CC(=O)N(CC(=O)O)C2CCOCC2)cc1. The van der Waals surface area contributed by atoms with Crippen molar-refractivity contribution in [2.75, 3.05) is 19.8 Å². The number of rotatable bonds is 5. The van der Waals surface area contributed by atoms with Crippen LogP contribution >= 0.6 is 0 Å². The molecular formula is C16H21NO4. The first-order chi connectivity index (χ1) is 10.1. The van der Waals surface area contributed by atoms with Gasteiger partial charge in [0.25, 0.3) is 0 Å². The molecule has 1 aromatic carbocycles. The third-order valence-electron chi connectivity index (χ3n) is 3.73. The molecular weight excluding hydrogens is 270 g/mol. The minimum Gasteiger partial charge on any atom is -0.480 e. The van der Waals surface area contributed by atoms with Crippen LogP contribution in [0.25, 0.3) is 0 Å². The van der Waals surface area contributed by atoms with E-state index in [-0.39, 0.29) is 24.9 Å². The van der Waals surface area contributed by atoms with Crippen LogP contribution in [0.3, 0.4) is 0 Å². The Balaban J connectivity index is 2.05. The highest BCUT2D eigenvalue weighted by molar-refractivity contribution is 5.83. The first kappa shape index (κ1) is 15.5. The molecule has 5 nitrogen and oxygen atoms in total. The quantitative estimate of drug-likeness (QED) is 0.895. The Morgan fingerprint density at radius 2 is 1.86 bits per heavy atom. The Bertz CT molecular complexity index is 492. The number of hydrogen-bond acceptors (Lipinski definition) is 3. The average molecular weight is 291 g/mol. The summed E-state index contributed by atoms with van der Waals surface area (Å²) in [5.41, 5.74) is 2.05. The summed E-state index contributed by atoms with van der Waals surface area (Å²) >= 11 is 0. The minimum absolute atomic E-state index is 0.0344. The van der Waals surface area contributed by atoms with E-state index >= 15 is 0 Å². The summed E-state index contributed by atoms with van der Waals surface area (Å²) in [6.45, 7) is 2.91. The molecule has 0 atom stereocenters. The first-order valence-corrected chi connectivity index (χ1v) is 7.21. The van der Waals surface area contributed by atoms with Gasteiger partial charge in [0.2, 0.25) is 5.91 Å². The number of carbonyl (C=O) groups is 2. The molecule has 0 aliphatic carbocycles. The number of hydrogen-bond donors (Lipinski definition) is 1. The molecule has 0 bridgehead atoms. The standard InChI is InChI=1S/C16H21NO4/c1-12-2-4-13(5-3-12)10-15(18)17(11-16(19)20)14-6-8-21-9-7-14/h2-5,14H,6-11H2,1H3,(H,19,20). The highest BCUT2D eigenvalue weighted by Crippen LogP contribution is 2.16. The lowest BCUT2D eigenvalue weighted by Gasteiger charge is -2.33. The average Bonchev–Trinajstić information content (AvgIpc) is 2.48. The van der Waals surface area contributed by atoms with Gasteiger partial charge in [-0.2, -0.15) is 0 Å². The van der Waals surface area contributed by atoms with Crippen LogP contribution in [0, 0.1) is 6.92 Å².